The van der Waals surface area contributed by atoms with Gasteiger partial charge in [-0.2, -0.15) is 9.90 Å². The molecular weight excluding hydrogens is 279 g/mol. The summed E-state index contributed by atoms with van der Waals surface area (Å²) in [7, 11) is -10.7. The molecule has 0 nitrogen and oxygen atoms in total. The summed E-state index contributed by atoms with van der Waals surface area (Å²) in [6, 6.07) is 0. The topological polar surface area (TPSA) is 0 Å². The van der Waals surface area contributed by atoms with Crippen molar-refractivity contribution in [2.24, 2.45) is 0 Å². The Kier molecular flexibility index (Phi) is 4.20. The first-order chi connectivity index (χ1) is 2.45. The zero-order valence-corrected chi connectivity index (χ0v) is 7.70. The summed E-state index contributed by atoms with van der Waals surface area (Å²) >= 11 is 0. The van der Waals surface area contributed by atoms with Crippen molar-refractivity contribution in [3.05, 3.63) is 0 Å². The molecule has 0 bridgehead atoms. The second kappa shape index (κ2) is 2.28. The molecule has 0 saturated carbocycles. The van der Waals surface area contributed by atoms with Crippen LogP contribution in [-0.4, -0.2) is 0 Å². The first-order valence-electron chi connectivity index (χ1n) is 1.01. The Morgan fingerprint density at radius 1 is 0.667 bits per heavy atom. The minimum atomic E-state index is -10.7. The van der Waals surface area contributed by atoms with Gasteiger partial charge in [-0.25, -0.2) is 0 Å². The van der Waals surface area contributed by atoms with Crippen molar-refractivity contribution < 1.29 is 44.7 Å². The molecule has 65 valence electrons. The molecule has 1 unspecified atom stereocenters. The number of rotatable bonds is 0. The summed E-state index contributed by atoms with van der Waals surface area (Å²) in [4.78, 5) is 0. The second-order valence-corrected chi connectivity index (χ2v) is 2.87. The molecule has 0 aromatic heterocycles. The standard InChI is InChI=1S/F6P.H3P.Rh/c1-7(2,3,4,5)6;;/h;1H3;/q-1;;. The fourth-order valence-corrected chi connectivity index (χ4v) is 0. The molecule has 0 aromatic rings. The molecule has 0 heterocycles. The van der Waals surface area contributed by atoms with Crippen molar-refractivity contribution in [3.63, 3.8) is 0 Å². The zero-order chi connectivity index (χ0) is 6.41. The second-order valence-electron chi connectivity index (χ2n) is 0.958. The summed E-state index contributed by atoms with van der Waals surface area (Å²) < 4.78 is 59.2. The van der Waals surface area contributed by atoms with E-state index in [1.807, 2.05) is 0 Å². The van der Waals surface area contributed by atoms with Crippen LogP contribution in [0, 0.1) is 0 Å². The third kappa shape index (κ3) is 400. The number of hydrogen-bond donors (Lipinski definition) is 0. The van der Waals surface area contributed by atoms with Gasteiger partial charge in [-0.05, 0) is 0 Å². The average molecular weight is 282 g/mol. The largest absolute Gasteiger partial charge is 0.153 e. The van der Waals surface area contributed by atoms with Crippen molar-refractivity contribution in [1.29, 1.82) is 0 Å². The average Bonchev–Trinajstić information content (AvgIpc) is 0.592. The van der Waals surface area contributed by atoms with E-state index in [2.05, 4.69) is 0 Å². The van der Waals surface area contributed by atoms with Crippen LogP contribution in [0.15, 0.2) is 0 Å². The molecule has 0 saturated heterocycles. The van der Waals surface area contributed by atoms with Gasteiger partial charge in [0.25, 0.3) is 0 Å². The molecule has 0 amide bonds. The third-order valence-corrected chi connectivity index (χ3v) is 0. The van der Waals surface area contributed by atoms with Crippen molar-refractivity contribution in [2.45, 2.75) is 0 Å². The van der Waals surface area contributed by atoms with E-state index in [9.17, 15) is 25.2 Å². The smallest absolute Gasteiger partial charge is 0 e. The molecule has 9 heavy (non-hydrogen) atoms. The fraction of sp³-hybridized carbons (Fsp3) is 0. The maximum absolute atomic E-state index is 10.7. The molecule has 1 radical (unpaired) electrons. The van der Waals surface area contributed by atoms with Gasteiger partial charge in [0.1, 0.15) is 0 Å². The Morgan fingerprint density at radius 2 is 0.667 bits per heavy atom. The van der Waals surface area contributed by atoms with Crippen molar-refractivity contribution in [3.8, 4) is 0 Å². The van der Waals surface area contributed by atoms with Crippen LogP contribution in [-0.2, 0) is 19.5 Å². The number of halogens is 6. The van der Waals surface area contributed by atoms with Crippen LogP contribution < -0.4 is 0 Å². The minimum Gasteiger partial charge on any atom is -0.153 e. The maximum atomic E-state index is 9.87. The Morgan fingerprint density at radius 3 is 0.667 bits per heavy atom. The predicted molar refractivity (Wildman–Crippen MR) is 24.7 cm³/mol. The SMILES string of the molecule is F[P-](F)(F)(F)(F)F.P.[Rh]. The van der Waals surface area contributed by atoms with E-state index in [0.29, 0.717) is 0 Å². The summed E-state index contributed by atoms with van der Waals surface area (Å²) in [6.07, 6.45) is 0. The summed E-state index contributed by atoms with van der Waals surface area (Å²) in [5.74, 6) is 0. The molecule has 0 aromatic carbocycles. The van der Waals surface area contributed by atoms with Gasteiger partial charge >= 0.3 is 33.0 Å². The van der Waals surface area contributed by atoms with E-state index in [-0.39, 0.29) is 29.4 Å². The third-order valence-electron chi connectivity index (χ3n) is 0. The van der Waals surface area contributed by atoms with Gasteiger partial charge in [0.05, 0.1) is 0 Å². The zero-order valence-electron chi connectivity index (χ0n) is 3.76. The Labute approximate surface area is 63.0 Å². The van der Waals surface area contributed by atoms with Crippen LogP contribution in [0.5, 0.6) is 0 Å². The van der Waals surface area contributed by atoms with Gasteiger partial charge < -0.3 is 0 Å². The van der Waals surface area contributed by atoms with E-state index < -0.39 is 7.81 Å². The van der Waals surface area contributed by atoms with E-state index >= 15 is 0 Å². The van der Waals surface area contributed by atoms with E-state index in [4.69, 9.17) is 0 Å². The molecule has 1 atom stereocenters. The van der Waals surface area contributed by atoms with E-state index in [1.54, 1.807) is 0 Å². The molecule has 0 N–H and O–H groups in total. The van der Waals surface area contributed by atoms with Crippen molar-refractivity contribution in [2.75, 3.05) is 0 Å². The van der Waals surface area contributed by atoms with Gasteiger partial charge in [0.15, 0.2) is 0 Å². The van der Waals surface area contributed by atoms with E-state index in [1.165, 1.54) is 0 Å². The molecule has 0 fully saturated rings. The van der Waals surface area contributed by atoms with Crippen LogP contribution in [0.4, 0.5) is 25.2 Å². The molecule has 9 heteroatoms. The normalized spacial score (nSPS) is 18.0. The minimum absolute atomic E-state index is 0. The molecule has 0 rings (SSSR count). The molecular formula is H3F6P2Rh-. The van der Waals surface area contributed by atoms with Crippen LogP contribution in [0.1, 0.15) is 0 Å². The Bertz CT molecular complexity index is 69.6. The van der Waals surface area contributed by atoms with Gasteiger partial charge in [-0.1, -0.05) is 0 Å². The molecule has 0 aliphatic rings. The summed E-state index contributed by atoms with van der Waals surface area (Å²) in [6.45, 7) is 0. The first-order valence-corrected chi connectivity index (χ1v) is 3.04. The maximum Gasteiger partial charge on any atom is 0 e. The monoisotopic (exact) mass is 282 g/mol. The van der Waals surface area contributed by atoms with Crippen molar-refractivity contribution in [1.82, 2.24) is 0 Å². The number of hydrogen-bond acceptors (Lipinski definition) is 0. The van der Waals surface area contributed by atoms with Gasteiger partial charge in [0, 0.05) is 19.5 Å². The molecule has 0 aliphatic carbocycles. The fourth-order valence-electron chi connectivity index (χ4n) is 0. The Balaban J connectivity index is -0.000000180. The predicted octanol–water partition coefficient (Wildman–Crippen LogP) is 3.44. The van der Waals surface area contributed by atoms with E-state index in [0.717, 1.165) is 0 Å². The van der Waals surface area contributed by atoms with Crippen molar-refractivity contribution >= 4 is 17.7 Å². The van der Waals surface area contributed by atoms with Crippen LogP contribution in [0.25, 0.3) is 0 Å². The van der Waals surface area contributed by atoms with Gasteiger partial charge in [-0.3, -0.25) is 0 Å². The quantitative estimate of drug-likeness (QED) is 0.362. The van der Waals surface area contributed by atoms with Crippen LogP contribution in [0.3, 0.4) is 0 Å². The van der Waals surface area contributed by atoms with Crippen LogP contribution in [0.2, 0.25) is 0 Å². The summed E-state index contributed by atoms with van der Waals surface area (Å²) in [5.41, 5.74) is 0. The first kappa shape index (κ1) is 16.6. The van der Waals surface area contributed by atoms with Gasteiger partial charge in [0.2, 0.25) is 0 Å². The van der Waals surface area contributed by atoms with Crippen LogP contribution >= 0.6 is 17.7 Å². The van der Waals surface area contributed by atoms with Gasteiger partial charge in [-0.15, -0.1) is 0 Å². The molecule has 0 spiro atoms. The summed E-state index contributed by atoms with van der Waals surface area (Å²) in [5, 5.41) is 0. The Hall–Kier alpha value is 1.06. The molecule has 0 aliphatic heterocycles.